The Bertz CT molecular complexity index is 732. The third-order valence-corrected chi connectivity index (χ3v) is 3.79. The molecule has 2 aromatic carbocycles. The van der Waals surface area contributed by atoms with Gasteiger partial charge in [0, 0.05) is 15.9 Å². The lowest BCUT2D eigenvalue weighted by Gasteiger charge is -1.97. The molecule has 3 aromatic rings. The molecular formula is C15H12BrClN2. The van der Waals surface area contributed by atoms with Gasteiger partial charge in [0.1, 0.15) is 5.82 Å². The molecule has 19 heavy (non-hydrogen) atoms. The average molecular weight is 336 g/mol. The Morgan fingerprint density at radius 3 is 2.68 bits per heavy atom. The molecular weight excluding hydrogens is 324 g/mol. The largest absolute Gasteiger partial charge is 0.342 e. The number of halogens is 2. The molecule has 0 aliphatic heterocycles. The molecule has 96 valence electrons. The number of nitrogens with zero attached hydrogens (tertiary/aromatic N) is 1. The van der Waals surface area contributed by atoms with Crippen molar-refractivity contribution in [3.8, 4) is 0 Å². The van der Waals surface area contributed by atoms with Crippen LogP contribution in [0.15, 0.2) is 40.9 Å². The molecule has 0 unspecified atom stereocenters. The summed E-state index contributed by atoms with van der Waals surface area (Å²) in [6.07, 6.45) is 0.781. The summed E-state index contributed by atoms with van der Waals surface area (Å²) in [4.78, 5) is 8.03. The minimum Gasteiger partial charge on any atom is -0.342 e. The van der Waals surface area contributed by atoms with E-state index < -0.39 is 0 Å². The SMILES string of the molecule is Cc1cc(Br)cc2[nH]c(Cc3ccc(Cl)cc3)nc12. The summed E-state index contributed by atoms with van der Waals surface area (Å²) in [7, 11) is 0. The normalized spacial score (nSPS) is 11.1. The first kappa shape index (κ1) is 12.7. The smallest absolute Gasteiger partial charge is 0.111 e. The Kier molecular flexibility index (Phi) is 3.33. The molecule has 0 aliphatic carbocycles. The van der Waals surface area contributed by atoms with E-state index in [2.05, 4.69) is 45.0 Å². The van der Waals surface area contributed by atoms with E-state index >= 15 is 0 Å². The van der Waals surface area contributed by atoms with Gasteiger partial charge in [-0.25, -0.2) is 4.98 Å². The number of H-pyrrole nitrogens is 1. The average Bonchev–Trinajstić information content (AvgIpc) is 2.75. The van der Waals surface area contributed by atoms with Gasteiger partial charge < -0.3 is 4.98 Å². The van der Waals surface area contributed by atoms with E-state index in [1.54, 1.807) is 0 Å². The molecule has 0 atom stereocenters. The molecule has 0 spiro atoms. The molecule has 0 saturated carbocycles. The molecule has 1 aromatic heterocycles. The molecule has 2 nitrogen and oxygen atoms in total. The first-order valence-corrected chi connectivity index (χ1v) is 7.18. The Balaban J connectivity index is 1.97. The number of fused-ring (bicyclic) bond motifs is 1. The van der Waals surface area contributed by atoms with Crippen molar-refractivity contribution in [1.82, 2.24) is 9.97 Å². The minimum absolute atomic E-state index is 0.758. The summed E-state index contributed by atoms with van der Waals surface area (Å²) < 4.78 is 1.07. The zero-order valence-electron chi connectivity index (χ0n) is 10.4. The molecule has 0 saturated heterocycles. The van der Waals surface area contributed by atoms with Crippen LogP contribution in [0.4, 0.5) is 0 Å². The van der Waals surface area contributed by atoms with Crippen molar-refractivity contribution in [1.29, 1.82) is 0 Å². The summed E-state index contributed by atoms with van der Waals surface area (Å²) in [5, 5.41) is 0.758. The standard InChI is InChI=1S/C15H12BrClN2/c1-9-6-11(16)8-13-15(9)19-14(18-13)7-10-2-4-12(17)5-3-10/h2-6,8H,7H2,1H3,(H,18,19). The zero-order chi connectivity index (χ0) is 13.4. The van der Waals surface area contributed by atoms with E-state index in [9.17, 15) is 0 Å². The number of rotatable bonds is 2. The van der Waals surface area contributed by atoms with Crippen molar-refractivity contribution < 1.29 is 0 Å². The Hall–Kier alpha value is -1.32. The molecule has 1 heterocycles. The number of aryl methyl sites for hydroxylation is 1. The third kappa shape index (κ3) is 2.67. The topological polar surface area (TPSA) is 28.7 Å². The van der Waals surface area contributed by atoms with Crippen LogP contribution in [0.1, 0.15) is 17.0 Å². The van der Waals surface area contributed by atoms with Crippen LogP contribution in [-0.4, -0.2) is 9.97 Å². The van der Waals surface area contributed by atoms with Crippen molar-refractivity contribution in [2.45, 2.75) is 13.3 Å². The second-order valence-electron chi connectivity index (χ2n) is 4.61. The van der Waals surface area contributed by atoms with Crippen molar-refractivity contribution in [2.75, 3.05) is 0 Å². The number of hydrogen-bond donors (Lipinski definition) is 1. The molecule has 0 fully saturated rings. The van der Waals surface area contributed by atoms with Crippen LogP contribution in [0.5, 0.6) is 0 Å². The highest BCUT2D eigenvalue weighted by atomic mass is 79.9. The van der Waals surface area contributed by atoms with Crippen molar-refractivity contribution in [3.63, 3.8) is 0 Å². The maximum absolute atomic E-state index is 5.89. The molecule has 0 aliphatic rings. The second-order valence-corrected chi connectivity index (χ2v) is 5.96. The van der Waals surface area contributed by atoms with Gasteiger partial charge in [-0.1, -0.05) is 39.7 Å². The summed E-state index contributed by atoms with van der Waals surface area (Å²) in [5.74, 6) is 0.971. The number of nitrogens with one attached hydrogen (secondary N) is 1. The lowest BCUT2D eigenvalue weighted by molar-refractivity contribution is 1.04. The van der Waals surface area contributed by atoms with Crippen LogP contribution >= 0.6 is 27.5 Å². The van der Waals surface area contributed by atoms with Gasteiger partial charge in [0.2, 0.25) is 0 Å². The molecule has 1 N–H and O–H groups in total. The van der Waals surface area contributed by atoms with Crippen LogP contribution in [0.25, 0.3) is 11.0 Å². The van der Waals surface area contributed by atoms with E-state index in [1.807, 2.05) is 24.3 Å². The number of imidazole rings is 1. The van der Waals surface area contributed by atoms with E-state index in [0.29, 0.717) is 0 Å². The molecule has 3 rings (SSSR count). The Labute approximate surface area is 124 Å². The van der Waals surface area contributed by atoms with Gasteiger partial charge in [-0.05, 0) is 42.3 Å². The summed E-state index contributed by atoms with van der Waals surface area (Å²) in [6.45, 7) is 2.07. The highest BCUT2D eigenvalue weighted by molar-refractivity contribution is 9.10. The number of benzene rings is 2. The monoisotopic (exact) mass is 334 g/mol. The van der Waals surface area contributed by atoms with Crippen molar-refractivity contribution in [2.24, 2.45) is 0 Å². The van der Waals surface area contributed by atoms with Crippen LogP contribution in [0, 0.1) is 6.92 Å². The van der Waals surface area contributed by atoms with Crippen molar-refractivity contribution >= 4 is 38.6 Å². The first-order chi connectivity index (χ1) is 9.11. The number of hydrogen-bond acceptors (Lipinski definition) is 1. The van der Waals surface area contributed by atoms with Crippen LogP contribution in [-0.2, 0) is 6.42 Å². The van der Waals surface area contributed by atoms with Gasteiger partial charge in [0.15, 0.2) is 0 Å². The lowest BCUT2D eigenvalue weighted by atomic mass is 10.1. The minimum atomic E-state index is 0.758. The summed E-state index contributed by atoms with van der Waals surface area (Å²) in [5.41, 5.74) is 4.46. The Morgan fingerprint density at radius 2 is 1.95 bits per heavy atom. The highest BCUT2D eigenvalue weighted by Crippen LogP contribution is 2.23. The lowest BCUT2D eigenvalue weighted by Crippen LogP contribution is -1.89. The molecule has 0 radical (unpaired) electrons. The number of aromatic nitrogens is 2. The fourth-order valence-electron chi connectivity index (χ4n) is 2.18. The fraction of sp³-hybridized carbons (Fsp3) is 0.133. The number of aromatic amines is 1. The summed E-state index contributed by atoms with van der Waals surface area (Å²) >= 11 is 9.39. The van der Waals surface area contributed by atoms with Gasteiger partial charge >= 0.3 is 0 Å². The maximum Gasteiger partial charge on any atom is 0.111 e. The second kappa shape index (κ2) is 4.99. The summed E-state index contributed by atoms with van der Waals surface area (Å²) in [6, 6.07) is 12.0. The van der Waals surface area contributed by atoms with Gasteiger partial charge in [-0.3, -0.25) is 0 Å². The highest BCUT2D eigenvalue weighted by Gasteiger charge is 2.07. The quantitative estimate of drug-likeness (QED) is 0.710. The van der Waals surface area contributed by atoms with Crippen LogP contribution < -0.4 is 0 Å². The zero-order valence-corrected chi connectivity index (χ0v) is 12.7. The maximum atomic E-state index is 5.89. The first-order valence-electron chi connectivity index (χ1n) is 6.01. The van der Waals surface area contributed by atoms with Gasteiger partial charge in [-0.2, -0.15) is 0 Å². The molecule has 0 bridgehead atoms. The van der Waals surface area contributed by atoms with Gasteiger partial charge in [0.05, 0.1) is 11.0 Å². The van der Waals surface area contributed by atoms with E-state index in [1.165, 1.54) is 11.1 Å². The molecule has 0 amide bonds. The van der Waals surface area contributed by atoms with Crippen molar-refractivity contribution in [3.05, 3.63) is 62.8 Å². The predicted octanol–water partition coefficient (Wildman–Crippen LogP) is 4.88. The van der Waals surface area contributed by atoms with Gasteiger partial charge in [0.25, 0.3) is 0 Å². The van der Waals surface area contributed by atoms with Gasteiger partial charge in [-0.15, -0.1) is 0 Å². The van der Waals surface area contributed by atoms with E-state index in [-0.39, 0.29) is 0 Å². The Morgan fingerprint density at radius 1 is 1.21 bits per heavy atom. The van der Waals surface area contributed by atoms with E-state index in [4.69, 9.17) is 11.6 Å². The van der Waals surface area contributed by atoms with Crippen LogP contribution in [0.2, 0.25) is 5.02 Å². The predicted molar refractivity (Wildman–Crippen MR) is 82.8 cm³/mol. The van der Waals surface area contributed by atoms with Crippen LogP contribution in [0.3, 0.4) is 0 Å². The fourth-order valence-corrected chi connectivity index (χ4v) is 2.88. The molecule has 4 heteroatoms. The third-order valence-electron chi connectivity index (χ3n) is 3.08. The van der Waals surface area contributed by atoms with E-state index in [0.717, 1.165) is 32.8 Å².